The molecule has 2 bridgehead atoms. The van der Waals surface area contributed by atoms with Crippen molar-refractivity contribution in [2.75, 3.05) is 11.9 Å². The lowest BCUT2D eigenvalue weighted by Crippen LogP contribution is -2.60. The van der Waals surface area contributed by atoms with Gasteiger partial charge in [0.25, 0.3) is 17.4 Å². The molecule has 4 rings (SSSR count). The number of aryl methyl sites for hydroxylation is 1. The zero-order chi connectivity index (χ0) is 32.9. The average molecular weight is 628 g/mol. The first-order valence-corrected chi connectivity index (χ1v) is 15.3. The van der Waals surface area contributed by atoms with E-state index in [4.69, 9.17) is 0 Å². The van der Waals surface area contributed by atoms with Gasteiger partial charge in [0.05, 0.1) is 12.5 Å². The van der Waals surface area contributed by atoms with Crippen molar-refractivity contribution in [1.82, 2.24) is 30.1 Å². The number of rotatable bonds is 12. The minimum absolute atomic E-state index is 0.149. The molecule has 0 spiro atoms. The van der Waals surface area contributed by atoms with Crippen LogP contribution in [-0.2, 0) is 32.8 Å². The predicted molar refractivity (Wildman–Crippen MR) is 163 cm³/mol. The fourth-order valence-electron chi connectivity index (χ4n) is 7.06. The molecule has 4 unspecified atom stereocenters. The number of likely N-dealkylation sites (N-methyl/N-ethyl adjacent to an activating group) is 1. The third-order valence-electron chi connectivity index (χ3n) is 8.49. The van der Waals surface area contributed by atoms with E-state index in [0.717, 1.165) is 11.0 Å². The molecule has 2 aliphatic carbocycles. The zero-order valence-corrected chi connectivity index (χ0v) is 26.2. The van der Waals surface area contributed by atoms with Gasteiger partial charge in [0.2, 0.25) is 17.6 Å². The molecular weight excluding hydrogens is 585 g/mol. The number of nitrogens with one attached hydrogen (secondary N) is 4. The topological polar surface area (TPSA) is 173 Å². The van der Waals surface area contributed by atoms with Crippen LogP contribution in [0.5, 0.6) is 0 Å². The standard InChI is InChI=1S/C31H42FN7O6/c1-5-34-28(44)24(40)9-8-21(35-27(43)23-15-33-18-38(23)4)26(42)36-22-7-6-10-39(29(22)45)16-25(41)37-31-12-19(2)11-20(14-31)13-30(3,32)17-31/h6-7,10,15,18-21H,5,8-9,11-14,16-17H2,1-4H3,(H,34,44)(H,35,43)(H,36,42)(H,37,41)/t19?,20?,21-,30?,31?/m0/s1. The van der Waals surface area contributed by atoms with E-state index in [9.17, 15) is 28.8 Å². The largest absolute Gasteiger partial charge is 0.350 e. The summed E-state index contributed by atoms with van der Waals surface area (Å²) in [7, 11) is 1.59. The Bertz CT molecular complexity index is 1510. The Morgan fingerprint density at radius 1 is 1.18 bits per heavy atom. The highest BCUT2D eigenvalue weighted by Crippen LogP contribution is 2.50. The summed E-state index contributed by atoms with van der Waals surface area (Å²) in [6, 6.07) is 1.56. The molecule has 2 heterocycles. The molecule has 2 fully saturated rings. The van der Waals surface area contributed by atoms with Gasteiger partial charge < -0.3 is 30.4 Å². The summed E-state index contributed by atoms with van der Waals surface area (Å²) >= 11 is 0. The minimum Gasteiger partial charge on any atom is -0.350 e. The summed E-state index contributed by atoms with van der Waals surface area (Å²) in [5, 5.41) is 10.5. The second kappa shape index (κ2) is 13.7. The molecule has 0 saturated heterocycles. The second-order valence-corrected chi connectivity index (χ2v) is 12.8. The van der Waals surface area contributed by atoms with Crippen molar-refractivity contribution < 1.29 is 28.4 Å². The maximum absolute atomic E-state index is 15.2. The quantitative estimate of drug-likeness (QED) is 0.259. The summed E-state index contributed by atoms with van der Waals surface area (Å²) in [4.78, 5) is 80.8. The molecule has 4 amide bonds. The van der Waals surface area contributed by atoms with Crippen LogP contribution < -0.4 is 26.8 Å². The van der Waals surface area contributed by atoms with Crippen molar-refractivity contribution in [3.05, 3.63) is 46.9 Å². The highest BCUT2D eigenvalue weighted by atomic mass is 19.1. The molecule has 5 atom stereocenters. The Kier molecular flexibility index (Phi) is 10.2. The van der Waals surface area contributed by atoms with Crippen LogP contribution in [0.25, 0.3) is 0 Å². The number of fused-ring (bicyclic) bond motifs is 2. The number of hydrogen-bond acceptors (Lipinski definition) is 7. The normalized spacial score (nSPS) is 24.6. The molecule has 2 aliphatic rings. The molecule has 0 aromatic carbocycles. The van der Waals surface area contributed by atoms with Crippen molar-refractivity contribution in [2.24, 2.45) is 18.9 Å². The Morgan fingerprint density at radius 3 is 2.62 bits per heavy atom. The molecule has 4 N–H and O–H groups in total. The first-order chi connectivity index (χ1) is 21.2. The first-order valence-electron chi connectivity index (χ1n) is 15.3. The Morgan fingerprint density at radius 2 is 1.93 bits per heavy atom. The van der Waals surface area contributed by atoms with Gasteiger partial charge in [-0.25, -0.2) is 9.37 Å². The molecule has 0 aliphatic heterocycles. The molecule has 45 heavy (non-hydrogen) atoms. The van der Waals surface area contributed by atoms with Crippen LogP contribution in [0.2, 0.25) is 0 Å². The lowest BCUT2D eigenvalue weighted by molar-refractivity contribution is -0.138. The van der Waals surface area contributed by atoms with Gasteiger partial charge in [-0.2, -0.15) is 0 Å². The summed E-state index contributed by atoms with van der Waals surface area (Å²) in [6.45, 7) is 5.25. The van der Waals surface area contributed by atoms with Gasteiger partial charge in [-0.1, -0.05) is 6.92 Å². The van der Waals surface area contributed by atoms with E-state index in [1.165, 1.54) is 35.4 Å². The smallest absolute Gasteiger partial charge is 0.287 e. The van der Waals surface area contributed by atoms with Crippen molar-refractivity contribution in [1.29, 1.82) is 0 Å². The SMILES string of the molecule is CCNC(=O)C(=O)CC[C@H](NC(=O)c1cncn1C)C(=O)Nc1cccn(CC(=O)NC23CC(C)CC(CC(C)(F)C2)C3)c1=O. The molecule has 13 nitrogen and oxygen atoms in total. The van der Waals surface area contributed by atoms with E-state index in [0.29, 0.717) is 25.2 Å². The summed E-state index contributed by atoms with van der Waals surface area (Å²) in [6.07, 6.45) is 6.53. The number of hydrogen-bond donors (Lipinski definition) is 4. The first kappa shape index (κ1) is 33.5. The average Bonchev–Trinajstić information content (AvgIpc) is 3.37. The molecule has 0 radical (unpaired) electrons. The maximum atomic E-state index is 15.2. The van der Waals surface area contributed by atoms with Crippen molar-refractivity contribution in [3.8, 4) is 0 Å². The zero-order valence-electron chi connectivity index (χ0n) is 26.2. The van der Waals surface area contributed by atoms with Crippen molar-refractivity contribution >= 4 is 35.1 Å². The van der Waals surface area contributed by atoms with Crippen molar-refractivity contribution in [2.45, 2.75) is 89.5 Å². The van der Waals surface area contributed by atoms with Gasteiger partial charge in [-0.15, -0.1) is 0 Å². The van der Waals surface area contributed by atoms with Gasteiger partial charge >= 0.3 is 0 Å². The molecule has 244 valence electrons. The number of ketones is 1. The lowest BCUT2D eigenvalue weighted by atomic mass is 9.60. The van der Waals surface area contributed by atoms with E-state index in [-0.39, 0.29) is 49.7 Å². The van der Waals surface area contributed by atoms with Gasteiger partial charge in [-0.3, -0.25) is 28.8 Å². The minimum atomic E-state index is -1.38. The summed E-state index contributed by atoms with van der Waals surface area (Å²) < 4.78 is 17.8. The van der Waals surface area contributed by atoms with Crippen LogP contribution >= 0.6 is 0 Å². The molecule has 14 heteroatoms. The number of imidazole rings is 1. The predicted octanol–water partition coefficient (Wildman–Crippen LogP) is 1.62. The summed E-state index contributed by atoms with van der Waals surface area (Å²) in [5.74, 6) is -2.92. The van der Waals surface area contributed by atoms with Gasteiger partial charge in [0.15, 0.2) is 0 Å². The van der Waals surface area contributed by atoms with Crippen LogP contribution in [0.3, 0.4) is 0 Å². The fraction of sp³-hybridized carbons (Fsp3) is 0.581. The van der Waals surface area contributed by atoms with Gasteiger partial charge in [0, 0.05) is 38.2 Å². The summed E-state index contributed by atoms with van der Waals surface area (Å²) in [5.41, 5.74) is -2.72. The van der Waals surface area contributed by atoms with Crippen LogP contribution in [-0.4, -0.2) is 67.3 Å². The van der Waals surface area contributed by atoms with E-state index in [1.54, 1.807) is 20.9 Å². The van der Waals surface area contributed by atoms with E-state index < -0.39 is 52.2 Å². The Balaban J connectivity index is 1.47. The van der Waals surface area contributed by atoms with E-state index in [1.807, 2.05) is 0 Å². The monoisotopic (exact) mass is 627 g/mol. The molecular formula is C31H42FN7O6. The number of nitrogens with zero attached hydrogens (tertiary/aromatic N) is 3. The molecule has 2 aromatic heterocycles. The number of alkyl halides is 1. The Hall–Kier alpha value is -4.36. The fourth-order valence-corrected chi connectivity index (χ4v) is 7.06. The number of carbonyl (C=O) groups is 5. The second-order valence-electron chi connectivity index (χ2n) is 12.8. The van der Waals surface area contributed by atoms with Crippen LogP contribution in [0.15, 0.2) is 35.6 Å². The number of carbonyl (C=O) groups excluding carboxylic acids is 5. The Labute approximate surface area is 260 Å². The highest BCUT2D eigenvalue weighted by Gasteiger charge is 2.50. The molecule has 2 aromatic rings. The highest BCUT2D eigenvalue weighted by molar-refractivity contribution is 6.36. The number of amides is 4. The van der Waals surface area contributed by atoms with Crippen molar-refractivity contribution in [3.63, 3.8) is 0 Å². The number of pyridine rings is 1. The third kappa shape index (κ3) is 8.43. The van der Waals surface area contributed by atoms with Gasteiger partial charge in [0.1, 0.15) is 29.6 Å². The number of Topliss-reactive ketones (excluding diaryl/α,β-unsaturated/α-hetero) is 1. The lowest BCUT2D eigenvalue weighted by Gasteiger charge is -2.52. The maximum Gasteiger partial charge on any atom is 0.287 e. The number of halogens is 1. The number of anilines is 1. The molecule has 2 saturated carbocycles. The third-order valence-corrected chi connectivity index (χ3v) is 8.49. The van der Waals surface area contributed by atoms with Crippen LogP contribution in [0.4, 0.5) is 10.1 Å². The van der Waals surface area contributed by atoms with E-state index >= 15 is 4.39 Å². The van der Waals surface area contributed by atoms with Crippen LogP contribution in [0.1, 0.15) is 76.2 Å². The van der Waals surface area contributed by atoms with Crippen LogP contribution in [0, 0.1) is 11.8 Å². The van der Waals surface area contributed by atoms with Gasteiger partial charge in [-0.05, 0) is 69.9 Å². The van der Waals surface area contributed by atoms with E-state index in [2.05, 4.69) is 33.2 Å². The number of aromatic nitrogens is 3.